The Kier molecular flexibility index (Phi) is 4.27. The van der Waals surface area contributed by atoms with Crippen LogP contribution in [0.1, 0.15) is 19.9 Å². The van der Waals surface area contributed by atoms with Crippen LogP contribution in [0.4, 0.5) is 11.6 Å². The second kappa shape index (κ2) is 6.26. The molecule has 9 heteroatoms. The number of fused-ring (bicyclic) bond motifs is 1. The van der Waals surface area contributed by atoms with E-state index in [0.29, 0.717) is 17.3 Å². The Morgan fingerprint density at radius 2 is 1.80 bits per heavy atom. The molecule has 2 heterocycles. The second-order valence-corrected chi connectivity index (χ2v) is 7.36. The summed E-state index contributed by atoms with van der Waals surface area (Å²) in [6.45, 7) is 3.81. The van der Waals surface area contributed by atoms with Crippen LogP contribution in [0.15, 0.2) is 52.3 Å². The van der Waals surface area contributed by atoms with Crippen molar-refractivity contribution in [3.05, 3.63) is 52.9 Å². The molecule has 8 nitrogen and oxygen atoms in total. The van der Waals surface area contributed by atoms with Crippen molar-refractivity contribution in [3.63, 3.8) is 0 Å². The van der Waals surface area contributed by atoms with E-state index in [1.807, 2.05) is 13.8 Å². The molecule has 0 atom stereocenters. The predicted molar refractivity (Wildman–Crippen MR) is 95.3 cm³/mol. The minimum Gasteiger partial charge on any atom is -0.324 e. The quantitative estimate of drug-likeness (QED) is 0.732. The van der Waals surface area contributed by atoms with Crippen molar-refractivity contribution in [3.8, 4) is 0 Å². The van der Waals surface area contributed by atoms with Gasteiger partial charge in [0, 0.05) is 29.4 Å². The summed E-state index contributed by atoms with van der Waals surface area (Å²) in [5.41, 5.74) is 0.993. The van der Waals surface area contributed by atoms with Crippen LogP contribution >= 0.6 is 0 Å². The van der Waals surface area contributed by atoms with E-state index in [9.17, 15) is 13.2 Å². The average molecular weight is 359 g/mol. The van der Waals surface area contributed by atoms with Crippen LogP contribution in [0.25, 0.3) is 11.0 Å². The molecule has 0 saturated heterocycles. The van der Waals surface area contributed by atoms with Crippen molar-refractivity contribution in [2.24, 2.45) is 5.14 Å². The molecule has 3 rings (SSSR count). The maximum absolute atomic E-state index is 12.1. The lowest BCUT2D eigenvalue weighted by Gasteiger charge is -2.13. The van der Waals surface area contributed by atoms with Crippen molar-refractivity contribution in [1.82, 2.24) is 14.5 Å². The van der Waals surface area contributed by atoms with Gasteiger partial charge >= 0.3 is 0 Å². The molecule has 0 aliphatic heterocycles. The Morgan fingerprint density at radius 1 is 1.12 bits per heavy atom. The second-order valence-electron chi connectivity index (χ2n) is 5.80. The Hall–Kier alpha value is -2.78. The number of nitrogens with one attached hydrogen (secondary N) is 1. The van der Waals surface area contributed by atoms with Crippen LogP contribution in [0.3, 0.4) is 0 Å². The molecule has 0 unspecified atom stereocenters. The highest BCUT2D eigenvalue weighted by atomic mass is 32.2. The monoisotopic (exact) mass is 359 g/mol. The normalized spacial score (nSPS) is 11.8. The average Bonchev–Trinajstić information content (AvgIpc) is 2.54. The molecule has 1 aromatic carbocycles. The zero-order chi connectivity index (χ0) is 18.2. The molecule has 0 radical (unpaired) electrons. The first kappa shape index (κ1) is 17.1. The van der Waals surface area contributed by atoms with E-state index in [1.54, 1.807) is 29.0 Å². The third-order valence-corrected chi connectivity index (χ3v) is 4.55. The van der Waals surface area contributed by atoms with Crippen molar-refractivity contribution in [1.29, 1.82) is 0 Å². The molecule has 130 valence electrons. The van der Waals surface area contributed by atoms with Crippen LogP contribution in [-0.2, 0) is 10.0 Å². The number of sulfonamides is 1. The number of nitrogens with two attached hydrogens (primary N) is 1. The molecule has 0 aliphatic rings. The van der Waals surface area contributed by atoms with Gasteiger partial charge < -0.3 is 5.32 Å². The summed E-state index contributed by atoms with van der Waals surface area (Å²) < 4.78 is 24.2. The van der Waals surface area contributed by atoms with Crippen molar-refractivity contribution >= 4 is 32.7 Å². The highest BCUT2D eigenvalue weighted by molar-refractivity contribution is 7.89. The fourth-order valence-electron chi connectivity index (χ4n) is 2.45. The highest BCUT2D eigenvalue weighted by Gasteiger charge is 2.10. The lowest BCUT2D eigenvalue weighted by molar-refractivity contribution is 0.595. The van der Waals surface area contributed by atoms with Gasteiger partial charge in [-0.15, -0.1) is 0 Å². The van der Waals surface area contributed by atoms with E-state index in [-0.39, 0.29) is 16.5 Å². The number of primary sulfonamides is 1. The summed E-state index contributed by atoms with van der Waals surface area (Å²) in [5, 5.41) is 8.82. The van der Waals surface area contributed by atoms with E-state index in [1.165, 1.54) is 18.2 Å². The minimum absolute atomic E-state index is 0.0196. The summed E-state index contributed by atoms with van der Waals surface area (Å²) in [5.74, 6) is 0.302. The molecular formula is C16H17N5O3S. The summed E-state index contributed by atoms with van der Waals surface area (Å²) in [6.07, 6.45) is 1.63. The van der Waals surface area contributed by atoms with Crippen LogP contribution in [0.2, 0.25) is 0 Å². The standard InChI is InChI=1S/C16H17N5O3S/c1-10(2)21-14(22)8-3-11-9-18-16(20-15(11)21)19-12-4-6-13(7-5-12)25(17,23)24/h3-10H,1-2H3,(H2,17,23,24)(H,18,19,20). The molecule has 0 fully saturated rings. The van der Waals surface area contributed by atoms with Gasteiger partial charge in [0.25, 0.3) is 5.56 Å². The van der Waals surface area contributed by atoms with Gasteiger partial charge in [0.05, 0.1) is 4.90 Å². The lowest BCUT2D eigenvalue weighted by Crippen LogP contribution is -2.22. The van der Waals surface area contributed by atoms with Gasteiger partial charge in [0.15, 0.2) is 0 Å². The third kappa shape index (κ3) is 3.52. The largest absolute Gasteiger partial charge is 0.324 e. The van der Waals surface area contributed by atoms with Crippen molar-refractivity contribution in [2.75, 3.05) is 5.32 Å². The first-order valence-corrected chi connectivity index (χ1v) is 9.08. The van der Waals surface area contributed by atoms with Crippen LogP contribution in [-0.4, -0.2) is 23.0 Å². The number of nitrogens with zero attached hydrogens (tertiary/aromatic N) is 3. The van der Waals surface area contributed by atoms with Gasteiger partial charge in [-0.2, -0.15) is 4.98 Å². The van der Waals surface area contributed by atoms with Crippen LogP contribution < -0.4 is 16.0 Å². The lowest BCUT2D eigenvalue weighted by atomic mass is 10.3. The van der Waals surface area contributed by atoms with Gasteiger partial charge in [0.1, 0.15) is 5.65 Å². The molecule has 25 heavy (non-hydrogen) atoms. The number of hydrogen-bond donors (Lipinski definition) is 2. The van der Waals surface area contributed by atoms with Gasteiger partial charge in [-0.1, -0.05) is 0 Å². The molecule has 0 aliphatic carbocycles. The van der Waals surface area contributed by atoms with Crippen molar-refractivity contribution < 1.29 is 8.42 Å². The molecule has 0 bridgehead atoms. The Balaban J connectivity index is 2.00. The molecule has 3 N–H and O–H groups in total. The first-order chi connectivity index (χ1) is 11.8. The summed E-state index contributed by atoms with van der Waals surface area (Å²) >= 11 is 0. The van der Waals surface area contributed by atoms with Gasteiger partial charge in [-0.05, 0) is 44.2 Å². The Bertz CT molecular complexity index is 1090. The molecular weight excluding hydrogens is 342 g/mol. The molecule has 2 aromatic heterocycles. The summed E-state index contributed by atoms with van der Waals surface area (Å²) in [6, 6.07) is 9.03. The number of hydrogen-bond acceptors (Lipinski definition) is 6. The van der Waals surface area contributed by atoms with E-state index >= 15 is 0 Å². The maximum Gasteiger partial charge on any atom is 0.252 e. The minimum atomic E-state index is -3.74. The first-order valence-electron chi connectivity index (χ1n) is 7.54. The van der Waals surface area contributed by atoms with Crippen LogP contribution in [0, 0.1) is 0 Å². The number of anilines is 2. The van der Waals surface area contributed by atoms with E-state index in [4.69, 9.17) is 5.14 Å². The van der Waals surface area contributed by atoms with Gasteiger partial charge in [-0.25, -0.2) is 18.5 Å². The smallest absolute Gasteiger partial charge is 0.252 e. The van der Waals surface area contributed by atoms with E-state index in [2.05, 4.69) is 15.3 Å². The number of rotatable bonds is 4. The third-order valence-electron chi connectivity index (χ3n) is 3.62. The summed E-state index contributed by atoms with van der Waals surface area (Å²) in [7, 11) is -3.74. The van der Waals surface area contributed by atoms with E-state index in [0.717, 1.165) is 5.39 Å². The fourth-order valence-corrected chi connectivity index (χ4v) is 2.97. The highest BCUT2D eigenvalue weighted by Crippen LogP contribution is 2.19. The molecule has 0 saturated carbocycles. The Labute approximate surface area is 144 Å². The van der Waals surface area contributed by atoms with Crippen molar-refractivity contribution in [2.45, 2.75) is 24.8 Å². The molecule has 0 amide bonds. The topological polar surface area (TPSA) is 120 Å². The van der Waals surface area contributed by atoms with Gasteiger partial charge in [0.2, 0.25) is 16.0 Å². The molecule has 0 spiro atoms. The van der Waals surface area contributed by atoms with E-state index < -0.39 is 10.0 Å². The fraction of sp³-hybridized carbons (Fsp3) is 0.188. The summed E-state index contributed by atoms with van der Waals surface area (Å²) in [4.78, 5) is 20.8. The Morgan fingerprint density at radius 3 is 2.40 bits per heavy atom. The van der Waals surface area contributed by atoms with Crippen LogP contribution in [0.5, 0.6) is 0 Å². The number of benzene rings is 1. The maximum atomic E-state index is 12.1. The molecule has 3 aromatic rings. The number of pyridine rings is 1. The zero-order valence-electron chi connectivity index (χ0n) is 13.7. The van der Waals surface area contributed by atoms with Gasteiger partial charge in [-0.3, -0.25) is 9.36 Å². The predicted octanol–water partition coefficient (Wildman–Crippen LogP) is 1.76. The zero-order valence-corrected chi connectivity index (χ0v) is 14.5. The SMILES string of the molecule is CC(C)n1c(=O)ccc2cnc(Nc3ccc(S(N)(=O)=O)cc3)nc21. The number of aromatic nitrogens is 3.